The summed E-state index contributed by atoms with van der Waals surface area (Å²) < 4.78 is 49.1. The van der Waals surface area contributed by atoms with Gasteiger partial charge in [0.15, 0.2) is 0 Å². The molecule has 0 N–H and O–H groups in total. The van der Waals surface area contributed by atoms with Crippen LogP contribution in [0.5, 0.6) is 0 Å². The van der Waals surface area contributed by atoms with Crippen molar-refractivity contribution in [1.82, 2.24) is 4.90 Å². The summed E-state index contributed by atoms with van der Waals surface area (Å²) in [5.41, 5.74) is 0.674. The Morgan fingerprint density at radius 2 is 1.69 bits per heavy atom. The molecule has 0 aromatic heterocycles. The number of hydrogen-bond donors (Lipinski definition) is 0. The quantitative estimate of drug-likeness (QED) is 0.724. The Morgan fingerprint density at radius 3 is 2.12 bits per heavy atom. The van der Waals surface area contributed by atoms with Crippen molar-refractivity contribution >= 4 is 0 Å². The molecule has 0 amide bonds. The van der Waals surface area contributed by atoms with Gasteiger partial charge in [-0.1, -0.05) is 19.1 Å². The highest BCUT2D eigenvalue weighted by molar-refractivity contribution is 5.15. The van der Waals surface area contributed by atoms with Crippen molar-refractivity contribution < 1.29 is 17.6 Å². The molecule has 90 valence electrons. The third kappa shape index (κ3) is 4.61. The van der Waals surface area contributed by atoms with E-state index >= 15 is 0 Å². The van der Waals surface area contributed by atoms with Crippen molar-refractivity contribution in [1.29, 1.82) is 0 Å². The first-order valence-corrected chi connectivity index (χ1v) is 4.94. The molecule has 0 atom stereocenters. The first-order chi connectivity index (χ1) is 7.40. The fourth-order valence-corrected chi connectivity index (χ4v) is 1.38. The van der Waals surface area contributed by atoms with Gasteiger partial charge < -0.3 is 0 Å². The summed E-state index contributed by atoms with van der Waals surface area (Å²) in [5.74, 6) is -0.386. The van der Waals surface area contributed by atoms with Crippen LogP contribution in [0, 0.1) is 5.82 Å². The van der Waals surface area contributed by atoms with Gasteiger partial charge in [0.25, 0.3) is 0 Å². The van der Waals surface area contributed by atoms with Crippen molar-refractivity contribution in [3.63, 3.8) is 0 Å². The zero-order valence-corrected chi connectivity index (χ0v) is 8.89. The third-order valence-electron chi connectivity index (χ3n) is 2.17. The van der Waals surface area contributed by atoms with Gasteiger partial charge in [-0.3, -0.25) is 4.90 Å². The van der Waals surface area contributed by atoms with E-state index in [1.165, 1.54) is 29.2 Å². The highest BCUT2D eigenvalue weighted by atomic mass is 19.4. The highest BCUT2D eigenvalue weighted by Crippen LogP contribution is 2.17. The molecule has 0 fully saturated rings. The summed E-state index contributed by atoms with van der Waals surface area (Å²) in [6, 6.07) is 5.48. The van der Waals surface area contributed by atoms with E-state index in [2.05, 4.69) is 0 Å². The van der Waals surface area contributed by atoms with Gasteiger partial charge in [0.2, 0.25) is 0 Å². The largest absolute Gasteiger partial charge is 0.401 e. The monoisotopic (exact) mass is 235 g/mol. The number of rotatable bonds is 4. The number of alkyl halides is 3. The summed E-state index contributed by atoms with van der Waals surface area (Å²) >= 11 is 0. The van der Waals surface area contributed by atoms with E-state index in [9.17, 15) is 17.6 Å². The van der Waals surface area contributed by atoms with Crippen LogP contribution < -0.4 is 0 Å². The molecule has 16 heavy (non-hydrogen) atoms. The predicted octanol–water partition coefficient (Wildman–Crippen LogP) is 3.21. The van der Waals surface area contributed by atoms with E-state index < -0.39 is 12.7 Å². The molecule has 0 aliphatic heterocycles. The third-order valence-corrected chi connectivity index (χ3v) is 2.17. The lowest BCUT2D eigenvalue weighted by atomic mass is 10.2. The summed E-state index contributed by atoms with van der Waals surface area (Å²) in [6.07, 6.45) is -4.20. The molecular formula is C11H13F4N. The van der Waals surface area contributed by atoms with Crippen molar-refractivity contribution in [2.24, 2.45) is 0 Å². The number of halogens is 4. The summed E-state index contributed by atoms with van der Waals surface area (Å²) in [7, 11) is 0. The lowest BCUT2D eigenvalue weighted by molar-refractivity contribution is -0.146. The topological polar surface area (TPSA) is 3.24 Å². The van der Waals surface area contributed by atoms with Crippen LogP contribution >= 0.6 is 0 Å². The van der Waals surface area contributed by atoms with Crippen LogP contribution in [0.15, 0.2) is 24.3 Å². The normalized spacial score (nSPS) is 12.1. The second-order valence-electron chi connectivity index (χ2n) is 3.54. The summed E-state index contributed by atoms with van der Waals surface area (Å²) in [5, 5.41) is 0. The second kappa shape index (κ2) is 5.30. The molecule has 0 spiro atoms. The van der Waals surface area contributed by atoms with E-state index in [0.29, 0.717) is 12.1 Å². The molecule has 0 saturated heterocycles. The fourth-order valence-electron chi connectivity index (χ4n) is 1.38. The molecule has 1 rings (SSSR count). The number of nitrogens with zero attached hydrogens (tertiary/aromatic N) is 1. The zero-order valence-electron chi connectivity index (χ0n) is 8.89. The van der Waals surface area contributed by atoms with E-state index in [1.54, 1.807) is 6.92 Å². The minimum atomic E-state index is -4.20. The van der Waals surface area contributed by atoms with E-state index in [-0.39, 0.29) is 12.4 Å². The fraction of sp³-hybridized carbons (Fsp3) is 0.455. The van der Waals surface area contributed by atoms with Crippen LogP contribution in [0.3, 0.4) is 0 Å². The van der Waals surface area contributed by atoms with E-state index in [0.717, 1.165) is 0 Å². The van der Waals surface area contributed by atoms with Gasteiger partial charge in [-0.2, -0.15) is 13.2 Å². The molecule has 0 bridgehead atoms. The Hall–Kier alpha value is -1.10. The minimum Gasteiger partial charge on any atom is -0.291 e. The molecule has 1 aromatic rings. The predicted molar refractivity (Wildman–Crippen MR) is 53.4 cm³/mol. The van der Waals surface area contributed by atoms with Crippen molar-refractivity contribution in [2.45, 2.75) is 19.6 Å². The van der Waals surface area contributed by atoms with Crippen LogP contribution in [0.2, 0.25) is 0 Å². The Balaban J connectivity index is 2.60. The SMILES string of the molecule is CCN(Cc1ccc(F)cc1)CC(F)(F)F. The van der Waals surface area contributed by atoms with Gasteiger partial charge in [0.05, 0.1) is 6.54 Å². The van der Waals surface area contributed by atoms with E-state index in [1.807, 2.05) is 0 Å². The first kappa shape index (κ1) is 13.0. The van der Waals surface area contributed by atoms with Crippen molar-refractivity contribution in [2.75, 3.05) is 13.1 Å². The summed E-state index contributed by atoms with van der Waals surface area (Å²) in [6.45, 7) is 1.20. The van der Waals surface area contributed by atoms with Crippen molar-refractivity contribution in [3.05, 3.63) is 35.6 Å². The van der Waals surface area contributed by atoms with Gasteiger partial charge in [-0.15, -0.1) is 0 Å². The molecule has 0 aliphatic rings. The molecule has 1 nitrogen and oxygen atoms in total. The summed E-state index contributed by atoms with van der Waals surface area (Å²) in [4.78, 5) is 1.26. The maximum Gasteiger partial charge on any atom is 0.401 e. The Bertz CT molecular complexity index is 318. The van der Waals surface area contributed by atoms with Crippen molar-refractivity contribution in [3.8, 4) is 0 Å². The zero-order chi connectivity index (χ0) is 12.2. The first-order valence-electron chi connectivity index (χ1n) is 4.94. The van der Waals surface area contributed by atoms with E-state index in [4.69, 9.17) is 0 Å². The smallest absolute Gasteiger partial charge is 0.291 e. The molecular weight excluding hydrogens is 222 g/mol. The highest BCUT2D eigenvalue weighted by Gasteiger charge is 2.29. The Morgan fingerprint density at radius 1 is 1.12 bits per heavy atom. The Labute approximate surface area is 91.7 Å². The van der Waals surface area contributed by atoms with Gasteiger partial charge in [0, 0.05) is 6.54 Å². The van der Waals surface area contributed by atoms with Crippen LogP contribution in [-0.4, -0.2) is 24.2 Å². The standard InChI is InChI=1S/C11H13F4N/c1-2-16(8-11(13,14)15)7-9-3-5-10(12)6-4-9/h3-6H,2,7-8H2,1H3. The average Bonchev–Trinajstić information content (AvgIpc) is 2.18. The average molecular weight is 235 g/mol. The van der Waals surface area contributed by atoms with Crippen LogP contribution in [0.1, 0.15) is 12.5 Å². The minimum absolute atomic E-state index is 0.177. The lowest BCUT2D eigenvalue weighted by Gasteiger charge is -2.21. The molecule has 0 unspecified atom stereocenters. The second-order valence-corrected chi connectivity index (χ2v) is 3.54. The Kier molecular flexibility index (Phi) is 4.29. The number of benzene rings is 1. The van der Waals surface area contributed by atoms with Gasteiger partial charge >= 0.3 is 6.18 Å². The molecule has 0 heterocycles. The molecule has 0 saturated carbocycles. The van der Waals surface area contributed by atoms with Gasteiger partial charge in [0.1, 0.15) is 5.82 Å². The lowest BCUT2D eigenvalue weighted by Crippen LogP contribution is -2.33. The maximum atomic E-state index is 12.6. The molecule has 1 aromatic carbocycles. The van der Waals surface area contributed by atoms with Gasteiger partial charge in [-0.05, 0) is 24.2 Å². The maximum absolute atomic E-state index is 12.6. The molecule has 0 aliphatic carbocycles. The van der Waals surface area contributed by atoms with Gasteiger partial charge in [-0.25, -0.2) is 4.39 Å². The van der Waals surface area contributed by atoms with Crippen LogP contribution in [0.4, 0.5) is 17.6 Å². The van der Waals surface area contributed by atoms with Crippen LogP contribution in [-0.2, 0) is 6.54 Å². The number of hydrogen-bond acceptors (Lipinski definition) is 1. The molecule has 0 radical (unpaired) electrons. The van der Waals surface area contributed by atoms with Crippen LogP contribution in [0.25, 0.3) is 0 Å². The molecule has 5 heteroatoms.